The van der Waals surface area contributed by atoms with Gasteiger partial charge in [-0.15, -0.1) is 11.3 Å². The van der Waals surface area contributed by atoms with E-state index in [1.165, 1.54) is 11.3 Å². The van der Waals surface area contributed by atoms with Crippen molar-refractivity contribution in [2.24, 2.45) is 0 Å². The summed E-state index contributed by atoms with van der Waals surface area (Å²) in [5.74, 6) is 0.869. The van der Waals surface area contributed by atoms with Gasteiger partial charge in [-0.2, -0.15) is 0 Å². The summed E-state index contributed by atoms with van der Waals surface area (Å²) in [5, 5.41) is 5.00. The van der Waals surface area contributed by atoms with E-state index in [1.54, 1.807) is 0 Å². The molecule has 1 fully saturated rings. The second kappa shape index (κ2) is 6.20. The minimum absolute atomic E-state index is 0.00447. The average molecular weight is 319 g/mol. The van der Waals surface area contributed by atoms with Crippen molar-refractivity contribution in [2.75, 3.05) is 6.54 Å². The lowest BCUT2D eigenvalue weighted by atomic mass is 10.1. The molecule has 6 heteroatoms. The van der Waals surface area contributed by atoms with Gasteiger partial charge in [0.15, 0.2) is 5.76 Å². The number of aromatic nitrogens is 2. The molecule has 2 aromatic rings. The SMILES string of the molecule is CCCc1nc(C)c(C(=O)N2CCC[C@@H]2c2cc(C)no2)s1. The predicted octanol–water partition coefficient (Wildman–Crippen LogP) is 3.68. The van der Waals surface area contributed by atoms with Crippen LogP contribution in [0.2, 0.25) is 0 Å². The molecule has 0 aliphatic carbocycles. The molecule has 3 heterocycles. The number of hydrogen-bond acceptors (Lipinski definition) is 5. The fourth-order valence-electron chi connectivity index (χ4n) is 2.95. The van der Waals surface area contributed by atoms with Gasteiger partial charge in [-0.05, 0) is 39.5 Å². The Kier molecular flexibility index (Phi) is 4.29. The van der Waals surface area contributed by atoms with Crippen molar-refractivity contribution >= 4 is 17.2 Å². The Morgan fingerprint density at radius 3 is 3.00 bits per heavy atom. The molecule has 5 nitrogen and oxygen atoms in total. The summed E-state index contributed by atoms with van der Waals surface area (Å²) in [4.78, 5) is 20.1. The van der Waals surface area contributed by atoms with Crippen LogP contribution in [-0.4, -0.2) is 27.5 Å². The van der Waals surface area contributed by atoms with Crippen LogP contribution in [0.3, 0.4) is 0 Å². The molecular formula is C16H21N3O2S. The second-order valence-electron chi connectivity index (χ2n) is 5.80. The number of rotatable bonds is 4. The van der Waals surface area contributed by atoms with Crippen molar-refractivity contribution in [3.05, 3.63) is 33.1 Å². The number of likely N-dealkylation sites (tertiary alicyclic amines) is 1. The van der Waals surface area contributed by atoms with Crippen molar-refractivity contribution < 1.29 is 9.32 Å². The quantitative estimate of drug-likeness (QED) is 0.862. The summed E-state index contributed by atoms with van der Waals surface area (Å²) in [6.45, 7) is 6.72. The van der Waals surface area contributed by atoms with Gasteiger partial charge in [0.1, 0.15) is 4.88 Å². The highest BCUT2D eigenvalue weighted by Gasteiger charge is 2.34. The van der Waals surface area contributed by atoms with Crippen LogP contribution in [0, 0.1) is 13.8 Å². The minimum atomic E-state index is 0.00447. The monoisotopic (exact) mass is 319 g/mol. The van der Waals surface area contributed by atoms with Crippen LogP contribution >= 0.6 is 11.3 Å². The van der Waals surface area contributed by atoms with Gasteiger partial charge in [0, 0.05) is 12.6 Å². The van der Waals surface area contributed by atoms with E-state index < -0.39 is 0 Å². The fraction of sp³-hybridized carbons (Fsp3) is 0.562. The van der Waals surface area contributed by atoms with E-state index in [4.69, 9.17) is 4.52 Å². The van der Waals surface area contributed by atoms with Crippen LogP contribution in [0.25, 0.3) is 0 Å². The lowest BCUT2D eigenvalue weighted by Gasteiger charge is -2.22. The maximum Gasteiger partial charge on any atom is 0.266 e. The molecule has 0 N–H and O–H groups in total. The van der Waals surface area contributed by atoms with Gasteiger partial charge in [-0.3, -0.25) is 4.79 Å². The summed E-state index contributed by atoms with van der Waals surface area (Å²) < 4.78 is 5.38. The number of carbonyl (C=O) groups excluding carboxylic acids is 1. The zero-order valence-electron chi connectivity index (χ0n) is 13.3. The Balaban J connectivity index is 1.84. The van der Waals surface area contributed by atoms with Crippen molar-refractivity contribution in [3.63, 3.8) is 0 Å². The molecular weight excluding hydrogens is 298 g/mol. The van der Waals surface area contributed by atoms with Gasteiger partial charge >= 0.3 is 0 Å². The Morgan fingerprint density at radius 1 is 1.50 bits per heavy atom. The molecule has 118 valence electrons. The summed E-state index contributed by atoms with van der Waals surface area (Å²) >= 11 is 1.53. The standard InChI is InChI=1S/C16H21N3O2S/c1-4-6-14-17-11(3)15(22-14)16(20)19-8-5-7-12(19)13-9-10(2)18-21-13/h9,12H,4-8H2,1-3H3/t12-/m1/s1. The van der Waals surface area contributed by atoms with Crippen molar-refractivity contribution in [1.29, 1.82) is 0 Å². The summed E-state index contributed by atoms with van der Waals surface area (Å²) in [5.41, 5.74) is 1.70. The lowest BCUT2D eigenvalue weighted by Crippen LogP contribution is -2.30. The molecule has 3 rings (SSSR count). The molecule has 0 spiro atoms. The highest BCUT2D eigenvalue weighted by molar-refractivity contribution is 7.13. The first kappa shape index (κ1) is 15.2. The topological polar surface area (TPSA) is 59.2 Å². The minimum Gasteiger partial charge on any atom is -0.359 e. The maximum atomic E-state index is 12.9. The van der Waals surface area contributed by atoms with Gasteiger partial charge in [0.2, 0.25) is 0 Å². The van der Waals surface area contributed by atoms with Gasteiger partial charge in [0.25, 0.3) is 5.91 Å². The van der Waals surface area contributed by atoms with Gasteiger partial charge in [-0.25, -0.2) is 4.98 Å². The first-order valence-corrected chi connectivity index (χ1v) is 8.62. The van der Waals surface area contributed by atoms with Crippen LogP contribution in [-0.2, 0) is 6.42 Å². The van der Waals surface area contributed by atoms with E-state index >= 15 is 0 Å². The molecule has 1 amide bonds. The molecule has 0 aromatic carbocycles. The molecule has 0 saturated carbocycles. The molecule has 0 bridgehead atoms. The number of hydrogen-bond donors (Lipinski definition) is 0. The van der Waals surface area contributed by atoms with Crippen LogP contribution in [0.4, 0.5) is 0 Å². The zero-order valence-corrected chi connectivity index (χ0v) is 14.1. The molecule has 1 saturated heterocycles. The van der Waals surface area contributed by atoms with Gasteiger partial charge in [0.05, 0.1) is 22.4 Å². The first-order chi connectivity index (χ1) is 10.6. The molecule has 22 heavy (non-hydrogen) atoms. The van der Waals surface area contributed by atoms with E-state index in [0.29, 0.717) is 0 Å². The Bertz CT molecular complexity index is 677. The number of nitrogens with zero attached hydrogens (tertiary/aromatic N) is 3. The predicted molar refractivity (Wildman–Crippen MR) is 85.1 cm³/mol. The van der Waals surface area contributed by atoms with E-state index in [-0.39, 0.29) is 11.9 Å². The number of carbonyl (C=O) groups is 1. The van der Waals surface area contributed by atoms with Gasteiger partial charge in [-0.1, -0.05) is 12.1 Å². The van der Waals surface area contributed by atoms with E-state index in [1.807, 2.05) is 24.8 Å². The third kappa shape index (κ3) is 2.79. The van der Waals surface area contributed by atoms with E-state index in [9.17, 15) is 4.79 Å². The van der Waals surface area contributed by atoms with Gasteiger partial charge < -0.3 is 9.42 Å². The first-order valence-electron chi connectivity index (χ1n) is 7.80. The number of amides is 1. The highest BCUT2D eigenvalue weighted by Crippen LogP contribution is 2.34. The Hall–Kier alpha value is -1.69. The zero-order chi connectivity index (χ0) is 15.7. The maximum absolute atomic E-state index is 12.9. The van der Waals surface area contributed by atoms with Crippen molar-refractivity contribution in [3.8, 4) is 0 Å². The van der Waals surface area contributed by atoms with Crippen LogP contribution in [0.15, 0.2) is 10.6 Å². The third-order valence-corrected chi connectivity index (χ3v) is 5.19. The Labute approximate surface area is 134 Å². The number of aryl methyl sites for hydroxylation is 3. The van der Waals surface area contributed by atoms with Crippen LogP contribution < -0.4 is 0 Å². The average Bonchev–Trinajstić information content (AvgIpc) is 3.18. The normalized spacial score (nSPS) is 18.1. The Morgan fingerprint density at radius 2 is 2.32 bits per heavy atom. The van der Waals surface area contributed by atoms with Crippen molar-refractivity contribution in [1.82, 2.24) is 15.0 Å². The summed E-state index contributed by atoms with van der Waals surface area (Å²) in [7, 11) is 0. The molecule has 1 atom stereocenters. The fourth-order valence-corrected chi connectivity index (χ4v) is 4.07. The molecule has 2 aromatic heterocycles. The molecule has 1 aliphatic heterocycles. The van der Waals surface area contributed by atoms with Crippen molar-refractivity contribution in [2.45, 2.75) is 52.5 Å². The smallest absolute Gasteiger partial charge is 0.266 e. The van der Waals surface area contributed by atoms with Crippen LogP contribution in [0.1, 0.15) is 64.1 Å². The molecule has 0 radical (unpaired) electrons. The summed E-state index contributed by atoms with van der Waals surface area (Å²) in [6, 6.07) is 1.93. The number of thiazole rings is 1. The van der Waals surface area contributed by atoms with E-state index in [2.05, 4.69) is 17.1 Å². The second-order valence-corrected chi connectivity index (χ2v) is 6.88. The molecule has 1 aliphatic rings. The third-order valence-electron chi connectivity index (χ3n) is 3.99. The highest BCUT2D eigenvalue weighted by atomic mass is 32.1. The van der Waals surface area contributed by atoms with E-state index in [0.717, 1.165) is 59.3 Å². The lowest BCUT2D eigenvalue weighted by molar-refractivity contribution is 0.0718. The summed E-state index contributed by atoms with van der Waals surface area (Å²) in [6.07, 6.45) is 3.91. The van der Waals surface area contributed by atoms with Crippen LogP contribution in [0.5, 0.6) is 0 Å². The molecule has 0 unspecified atom stereocenters. The largest absolute Gasteiger partial charge is 0.359 e.